The van der Waals surface area contributed by atoms with Crippen molar-refractivity contribution in [1.29, 1.82) is 0 Å². The van der Waals surface area contributed by atoms with Gasteiger partial charge in [0.1, 0.15) is 0 Å². The lowest BCUT2D eigenvalue weighted by molar-refractivity contribution is -0.201. The summed E-state index contributed by atoms with van der Waals surface area (Å²) in [6.07, 6.45) is 14.2. The van der Waals surface area contributed by atoms with Crippen molar-refractivity contribution in [1.82, 2.24) is 4.72 Å². The van der Waals surface area contributed by atoms with Gasteiger partial charge in [-0.3, -0.25) is 4.72 Å². The Labute approximate surface area is 184 Å². The average Bonchev–Trinajstić information content (AvgIpc) is 3.01. The molecule has 166 valence electrons. The predicted molar refractivity (Wildman–Crippen MR) is 121 cm³/mol. The van der Waals surface area contributed by atoms with Crippen LogP contribution in [0.4, 0.5) is 0 Å². The van der Waals surface area contributed by atoms with Crippen LogP contribution in [0.5, 0.6) is 0 Å². The average molecular weight is 432 g/mol. The van der Waals surface area contributed by atoms with Crippen LogP contribution in [0.25, 0.3) is 0 Å². The molecule has 2 N–H and O–H groups in total. The fourth-order valence-electron chi connectivity index (χ4n) is 8.60. The van der Waals surface area contributed by atoms with E-state index in [1.165, 1.54) is 44.6 Å². The molecule has 4 saturated carbocycles. The minimum atomic E-state index is -0.598. The van der Waals surface area contributed by atoms with Gasteiger partial charge < -0.3 is 9.52 Å². The Bertz CT molecular complexity index is 837. The molecule has 0 saturated heterocycles. The summed E-state index contributed by atoms with van der Waals surface area (Å²) in [5.41, 5.74) is 0.441. The first-order valence-corrected chi connectivity index (χ1v) is 13.1. The number of aliphatic hydroxyl groups is 1. The predicted octanol–water partition coefficient (Wildman–Crippen LogP) is 5.12. The van der Waals surface area contributed by atoms with Crippen molar-refractivity contribution in [3.8, 4) is 0 Å². The van der Waals surface area contributed by atoms with Crippen LogP contribution < -0.4 is 10.3 Å². The highest BCUT2D eigenvalue weighted by molar-refractivity contribution is 7.96. The second kappa shape index (κ2) is 7.38. The van der Waals surface area contributed by atoms with Crippen LogP contribution >= 0.6 is 11.9 Å². The van der Waals surface area contributed by atoms with Gasteiger partial charge >= 0.3 is 5.63 Å². The third-order valence-electron chi connectivity index (χ3n) is 10.3. The van der Waals surface area contributed by atoms with E-state index in [1.54, 1.807) is 18.2 Å². The topological polar surface area (TPSA) is 62.5 Å². The van der Waals surface area contributed by atoms with Gasteiger partial charge in [-0.2, -0.15) is 0 Å². The van der Waals surface area contributed by atoms with Crippen molar-refractivity contribution in [3.63, 3.8) is 0 Å². The minimum Gasteiger partial charge on any atom is -0.431 e. The van der Waals surface area contributed by atoms with E-state index in [9.17, 15) is 9.90 Å². The number of nitrogens with one attached hydrogen (secondary N) is 1. The first-order valence-electron chi connectivity index (χ1n) is 11.9. The second-order valence-corrected chi connectivity index (χ2v) is 11.8. The lowest BCUT2D eigenvalue weighted by Crippen LogP contribution is -2.62. The van der Waals surface area contributed by atoms with E-state index in [-0.39, 0.29) is 17.0 Å². The molecule has 0 radical (unpaired) electrons. The van der Waals surface area contributed by atoms with Crippen LogP contribution in [-0.2, 0) is 0 Å². The van der Waals surface area contributed by atoms with Gasteiger partial charge in [0, 0.05) is 17.5 Å². The van der Waals surface area contributed by atoms with Crippen molar-refractivity contribution in [2.24, 2.45) is 28.6 Å². The summed E-state index contributed by atoms with van der Waals surface area (Å²) in [5.74, 6) is 2.10. The largest absolute Gasteiger partial charge is 0.431 e. The zero-order chi connectivity index (χ0) is 21.1. The molecule has 0 aromatic carbocycles. The molecule has 8 unspecified atom stereocenters. The Morgan fingerprint density at radius 3 is 2.63 bits per heavy atom. The molecule has 8 atom stereocenters. The molecule has 30 heavy (non-hydrogen) atoms. The van der Waals surface area contributed by atoms with E-state index in [4.69, 9.17) is 4.42 Å². The highest BCUT2D eigenvalue weighted by Crippen LogP contribution is 2.70. The van der Waals surface area contributed by atoms with E-state index >= 15 is 0 Å². The van der Waals surface area contributed by atoms with E-state index in [0.29, 0.717) is 23.3 Å². The highest BCUT2D eigenvalue weighted by atomic mass is 32.2. The molecular formula is C25H37NO3S. The Morgan fingerprint density at radius 1 is 1.07 bits per heavy atom. The molecular weight excluding hydrogens is 394 g/mol. The van der Waals surface area contributed by atoms with Crippen LogP contribution in [0.2, 0.25) is 0 Å². The van der Waals surface area contributed by atoms with Crippen molar-refractivity contribution in [2.75, 3.05) is 6.26 Å². The van der Waals surface area contributed by atoms with E-state index < -0.39 is 5.60 Å². The van der Waals surface area contributed by atoms with Gasteiger partial charge in [0.15, 0.2) is 0 Å². The van der Waals surface area contributed by atoms with E-state index in [1.807, 2.05) is 6.07 Å². The van der Waals surface area contributed by atoms with Gasteiger partial charge in [-0.1, -0.05) is 25.8 Å². The summed E-state index contributed by atoms with van der Waals surface area (Å²) in [6, 6.07) is 4.11. The maximum Gasteiger partial charge on any atom is 0.335 e. The monoisotopic (exact) mass is 431 g/mol. The molecule has 4 aliphatic rings. The second-order valence-electron chi connectivity index (χ2n) is 11.1. The van der Waals surface area contributed by atoms with Crippen molar-refractivity contribution < 1.29 is 9.52 Å². The van der Waals surface area contributed by atoms with Crippen LogP contribution in [0.15, 0.2) is 27.6 Å². The number of hydrogen-bond acceptors (Lipinski definition) is 5. The molecule has 0 aliphatic heterocycles. The fraction of sp³-hybridized carbons (Fsp3) is 0.800. The SMILES string of the molecule is CSNC1CCC2(C)C(CCC3C2CCC2(C)C(c4ccc(=O)oc4)CCC32O)C1. The Balaban J connectivity index is 1.43. The standard InChI is InChI=1S/C25H37NO3S/c1-23-11-8-18(26-30-3)14-17(23)5-6-21-20(23)9-12-24(2)19(10-13-25(21,24)28)16-4-7-22(27)29-15-16/h4,7,15,17-21,26,28H,5-6,8-14H2,1-3H3. The highest BCUT2D eigenvalue weighted by Gasteiger charge is 2.67. The lowest BCUT2D eigenvalue weighted by atomic mass is 9.43. The van der Waals surface area contributed by atoms with Crippen LogP contribution in [0.1, 0.15) is 83.1 Å². The molecule has 1 heterocycles. The van der Waals surface area contributed by atoms with E-state index in [0.717, 1.165) is 30.7 Å². The summed E-state index contributed by atoms with van der Waals surface area (Å²) in [4.78, 5) is 11.5. The number of rotatable bonds is 3. The lowest BCUT2D eigenvalue weighted by Gasteiger charge is -2.63. The minimum absolute atomic E-state index is 0.130. The molecule has 4 aliphatic carbocycles. The maximum absolute atomic E-state index is 12.3. The summed E-state index contributed by atoms with van der Waals surface area (Å²) in [5, 5.41) is 12.3. The third kappa shape index (κ3) is 2.91. The van der Waals surface area contributed by atoms with E-state index in [2.05, 4.69) is 24.8 Å². The molecule has 5 rings (SSSR count). The van der Waals surface area contributed by atoms with Gasteiger partial charge in [-0.25, -0.2) is 4.79 Å². The summed E-state index contributed by atoms with van der Waals surface area (Å²) in [6.45, 7) is 4.87. The number of hydrogen-bond donors (Lipinski definition) is 2. The molecule has 1 aromatic heterocycles. The maximum atomic E-state index is 12.3. The smallest absolute Gasteiger partial charge is 0.335 e. The first-order chi connectivity index (χ1) is 14.3. The summed E-state index contributed by atoms with van der Waals surface area (Å²) in [7, 11) is 0. The molecule has 5 heteroatoms. The Kier molecular flexibility index (Phi) is 5.19. The summed E-state index contributed by atoms with van der Waals surface area (Å²) >= 11 is 1.76. The van der Waals surface area contributed by atoms with Gasteiger partial charge in [0.05, 0.1) is 11.9 Å². The van der Waals surface area contributed by atoms with Crippen LogP contribution in [0, 0.1) is 28.6 Å². The zero-order valence-corrected chi connectivity index (χ0v) is 19.5. The Hall–Kier alpha value is -0.780. The van der Waals surface area contributed by atoms with Crippen molar-refractivity contribution >= 4 is 11.9 Å². The molecule has 0 bridgehead atoms. The quantitative estimate of drug-likeness (QED) is 0.651. The fourth-order valence-corrected chi connectivity index (χ4v) is 9.15. The van der Waals surface area contributed by atoms with Crippen molar-refractivity contribution in [2.45, 2.75) is 89.2 Å². The van der Waals surface area contributed by atoms with Gasteiger partial charge in [-0.05, 0) is 105 Å². The molecule has 1 aromatic rings. The van der Waals surface area contributed by atoms with Crippen LogP contribution in [-0.4, -0.2) is 23.0 Å². The molecule has 4 fully saturated rings. The van der Waals surface area contributed by atoms with Gasteiger partial charge in [0.25, 0.3) is 0 Å². The van der Waals surface area contributed by atoms with Crippen LogP contribution in [0.3, 0.4) is 0 Å². The van der Waals surface area contributed by atoms with Crippen molar-refractivity contribution in [3.05, 3.63) is 34.4 Å². The molecule has 4 nitrogen and oxygen atoms in total. The third-order valence-corrected chi connectivity index (χ3v) is 10.8. The first kappa shape index (κ1) is 21.1. The summed E-state index contributed by atoms with van der Waals surface area (Å²) < 4.78 is 8.83. The van der Waals surface area contributed by atoms with Gasteiger partial charge in [0.2, 0.25) is 0 Å². The normalized spacial score (nSPS) is 47.9. The Morgan fingerprint density at radius 2 is 1.90 bits per heavy atom. The zero-order valence-electron chi connectivity index (χ0n) is 18.7. The molecule has 0 spiro atoms. The molecule has 0 amide bonds. The van der Waals surface area contributed by atoms with Gasteiger partial charge in [-0.15, -0.1) is 0 Å². The number of fused-ring (bicyclic) bond motifs is 5.